The van der Waals surface area contributed by atoms with Crippen LogP contribution < -0.4 is 15.2 Å². The zero-order valence-electron chi connectivity index (χ0n) is 16.3. The van der Waals surface area contributed by atoms with Crippen molar-refractivity contribution in [3.05, 3.63) is 48.0 Å². The molecule has 3 heterocycles. The van der Waals surface area contributed by atoms with Gasteiger partial charge in [0.2, 0.25) is 5.91 Å². The largest absolute Gasteiger partial charge is 0.492 e. The fraction of sp³-hybridized carbons (Fsp3) is 0.368. The molecule has 11 heteroatoms. The number of nitrogens with two attached hydrogens (primary N) is 1. The molecule has 1 unspecified atom stereocenters. The first-order valence-corrected chi connectivity index (χ1v) is 11.1. The van der Waals surface area contributed by atoms with Gasteiger partial charge in [0.1, 0.15) is 11.6 Å². The van der Waals surface area contributed by atoms with E-state index < -0.39 is 11.0 Å². The van der Waals surface area contributed by atoms with Gasteiger partial charge in [0.15, 0.2) is 5.84 Å². The number of anilines is 1. The summed E-state index contributed by atoms with van der Waals surface area (Å²) in [6.07, 6.45) is 5.29. The number of likely N-dealkylation sites (tertiary alicyclic amines) is 1. The average Bonchev–Trinajstić information content (AvgIpc) is 2.72. The fourth-order valence-corrected chi connectivity index (χ4v) is 4.53. The third-order valence-corrected chi connectivity index (χ3v) is 5.97. The standard InChI is InChI=1S/C19H24N6O4S/c20-19-18-14(23-30(27,28)24-19)5-1-6-15(18)29-12-13-4-2-9-25(11-13)17(26)10-16-21-7-3-8-22-16/h1,3,5-8,13,23,27-28H,2,4,9-12H2,(H2,20,24). The minimum atomic E-state index is -3.34. The van der Waals surface area contributed by atoms with E-state index in [1.165, 1.54) is 0 Å². The van der Waals surface area contributed by atoms with Gasteiger partial charge in [0, 0.05) is 31.4 Å². The third kappa shape index (κ3) is 4.64. The van der Waals surface area contributed by atoms with Gasteiger partial charge in [-0.15, -0.1) is 4.40 Å². The SMILES string of the molecule is NC1=NS(O)(O)Nc2cccc(OCC3CCCN(C(=O)Cc4ncccn4)C3)c21. The molecule has 4 rings (SSSR count). The summed E-state index contributed by atoms with van der Waals surface area (Å²) in [6.45, 7) is 1.72. The van der Waals surface area contributed by atoms with Gasteiger partial charge in [-0.3, -0.25) is 18.6 Å². The number of rotatable bonds is 5. The normalized spacial score (nSPS) is 21.1. The molecule has 0 spiro atoms. The third-order valence-electron chi connectivity index (χ3n) is 5.03. The molecule has 10 nitrogen and oxygen atoms in total. The Balaban J connectivity index is 1.38. The van der Waals surface area contributed by atoms with Crippen molar-refractivity contribution >= 4 is 28.4 Å². The highest BCUT2D eigenvalue weighted by molar-refractivity contribution is 8.24. The van der Waals surface area contributed by atoms with E-state index in [-0.39, 0.29) is 24.1 Å². The molecule has 1 aromatic heterocycles. The van der Waals surface area contributed by atoms with Gasteiger partial charge in [-0.1, -0.05) is 6.07 Å². The Bertz CT molecular complexity index is 955. The first-order chi connectivity index (χ1) is 14.4. The van der Waals surface area contributed by atoms with Gasteiger partial charge in [-0.25, -0.2) is 9.97 Å². The lowest BCUT2D eigenvalue weighted by Gasteiger charge is -2.34. The first kappa shape index (κ1) is 20.4. The van der Waals surface area contributed by atoms with E-state index in [9.17, 15) is 13.9 Å². The smallest absolute Gasteiger partial charge is 0.230 e. The Kier molecular flexibility index (Phi) is 5.75. The highest BCUT2D eigenvalue weighted by Gasteiger charge is 2.27. The number of carbonyl (C=O) groups is 1. The lowest BCUT2D eigenvalue weighted by molar-refractivity contribution is -0.132. The van der Waals surface area contributed by atoms with Crippen LogP contribution in [0.1, 0.15) is 24.2 Å². The molecule has 1 amide bonds. The summed E-state index contributed by atoms with van der Waals surface area (Å²) in [5, 5.41) is 0. The summed E-state index contributed by atoms with van der Waals surface area (Å²) < 4.78 is 31.9. The number of hydrogen-bond acceptors (Lipinski definition) is 9. The number of piperidine rings is 1. The van der Waals surface area contributed by atoms with E-state index in [0.29, 0.717) is 42.5 Å². The van der Waals surface area contributed by atoms with Crippen LogP contribution in [0, 0.1) is 5.92 Å². The summed E-state index contributed by atoms with van der Waals surface area (Å²) in [4.78, 5) is 22.7. The maximum Gasteiger partial charge on any atom is 0.230 e. The lowest BCUT2D eigenvalue weighted by Crippen LogP contribution is -2.42. The molecule has 1 saturated heterocycles. The first-order valence-electron chi connectivity index (χ1n) is 9.62. The summed E-state index contributed by atoms with van der Waals surface area (Å²) in [5.41, 5.74) is 6.90. The van der Waals surface area contributed by atoms with E-state index >= 15 is 0 Å². The van der Waals surface area contributed by atoms with Crippen molar-refractivity contribution in [2.45, 2.75) is 19.3 Å². The second-order valence-electron chi connectivity index (χ2n) is 7.28. The Hall–Kier alpha value is -2.89. The van der Waals surface area contributed by atoms with E-state index in [2.05, 4.69) is 19.1 Å². The molecule has 1 fully saturated rings. The highest BCUT2D eigenvalue weighted by atomic mass is 32.3. The predicted molar refractivity (Wildman–Crippen MR) is 114 cm³/mol. The monoisotopic (exact) mass is 432 g/mol. The molecule has 1 aromatic carbocycles. The molecule has 0 saturated carbocycles. The minimum Gasteiger partial charge on any atom is -0.492 e. The molecular formula is C19H24N6O4S. The van der Waals surface area contributed by atoms with Gasteiger partial charge in [0.25, 0.3) is 0 Å². The number of nitrogens with one attached hydrogen (secondary N) is 1. The molecule has 2 aliphatic rings. The van der Waals surface area contributed by atoms with Crippen LogP contribution in [0.3, 0.4) is 0 Å². The molecule has 1 atom stereocenters. The number of amides is 1. The maximum atomic E-state index is 12.6. The second-order valence-corrected chi connectivity index (χ2v) is 8.70. The van der Waals surface area contributed by atoms with Crippen molar-refractivity contribution in [3.63, 3.8) is 0 Å². The predicted octanol–water partition coefficient (Wildman–Crippen LogP) is 2.05. The molecule has 0 radical (unpaired) electrons. The topological polar surface area (TPSA) is 146 Å². The van der Waals surface area contributed by atoms with E-state index in [4.69, 9.17) is 10.5 Å². The molecule has 2 aliphatic heterocycles. The second kappa shape index (κ2) is 8.46. The van der Waals surface area contributed by atoms with E-state index in [1.807, 2.05) is 4.90 Å². The molecule has 0 aliphatic carbocycles. The van der Waals surface area contributed by atoms with Gasteiger partial charge >= 0.3 is 0 Å². The van der Waals surface area contributed by atoms with Crippen LogP contribution in [0.25, 0.3) is 0 Å². The van der Waals surface area contributed by atoms with Crippen LogP contribution in [-0.2, 0) is 11.2 Å². The van der Waals surface area contributed by atoms with Crippen LogP contribution in [0.15, 0.2) is 41.1 Å². The molecule has 160 valence electrons. The van der Waals surface area contributed by atoms with E-state index in [1.54, 1.807) is 36.7 Å². The number of ether oxygens (including phenoxy) is 1. The number of amidine groups is 1. The van der Waals surface area contributed by atoms with Crippen molar-refractivity contribution in [1.29, 1.82) is 0 Å². The fourth-order valence-electron chi connectivity index (χ4n) is 3.66. The Morgan fingerprint density at radius 2 is 2.10 bits per heavy atom. The minimum absolute atomic E-state index is 0.00812. The lowest BCUT2D eigenvalue weighted by atomic mass is 9.98. The molecule has 0 bridgehead atoms. The highest BCUT2D eigenvalue weighted by Crippen LogP contribution is 2.46. The van der Waals surface area contributed by atoms with Crippen molar-refractivity contribution in [3.8, 4) is 5.75 Å². The summed E-state index contributed by atoms with van der Waals surface area (Å²) in [7, 11) is -3.34. The Labute approximate surface area is 175 Å². The molecule has 30 heavy (non-hydrogen) atoms. The molecule has 2 aromatic rings. The maximum absolute atomic E-state index is 12.6. The van der Waals surface area contributed by atoms with Crippen molar-refractivity contribution in [2.75, 3.05) is 24.4 Å². The zero-order chi connectivity index (χ0) is 21.1. The summed E-state index contributed by atoms with van der Waals surface area (Å²) in [5.74, 6) is 1.23. The van der Waals surface area contributed by atoms with Gasteiger partial charge in [-0.05, 0) is 42.0 Å². The zero-order valence-corrected chi connectivity index (χ0v) is 17.1. The number of benzene rings is 1. The quantitative estimate of drug-likeness (QED) is 0.561. The van der Waals surface area contributed by atoms with Crippen molar-refractivity contribution in [2.24, 2.45) is 16.0 Å². The number of aromatic nitrogens is 2. The van der Waals surface area contributed by atoms with E-state index in [0.717, 1.165) is 12.8 Å². The van der Waals surface area contributed by atoms with Crippen molar-refractivity contribution in [1.82, 2.24) is 14.9 Å². The number of hydrogen-bond donors (Lipinski definition) is 4. The summed E-state index contributed by atoms with van der Waals surface area (Å²) in [6, 6.07) is 6.91. The molecule has 5 N–H and O–H groups in total. The number of fused-ring (bicyclic) bond motifs is 1. The summed E-state index contributed by atoms with van der Waals surface area (Å²) >= 11 is 0. The Morgan fingerprint density at radius 3 is 2.90 bits per heavy atom. The van der Waals surface area contributed by atoms with Crippen LogP contribution in [0.5, 0.6) is 5.75 Å². The van der Waals surface area contributed by atoms with Gasteiger partial charge in [-0.2, -0.15) is 0 Å². The van der Waals surface area contributed by atoms with Crippen LogP contribution in [0.2, 0.25) is 0 Å². The van der Waals surface area contributed by atoms with Gasteiger partial charge < -0.3 is 15.4 Å². The molecular weight excluding hydrogens is 408 g/mol. The Morgan fingerprint density at radius 1 is 1.30 bits per heavy atom. The number of nitrogens with zero attached hydrogens (tertiary/aromatic N) is 4. The van der Waals surface area contributed by atoms with Crippen LogP contribution in [-0.4, -0.2) is 55.4 Å². The van der Waals surface area contributed by atoms with Crippen molar-refractivity contribution < 1.29 is 18.6 Å². The van der Waals surface area contributed by atoms with Crippen LogP contribution >= 0.6 is 11.0 Å². The number of carbonyl (C=O) groups excluding carboxylic acids is 1. The van der Waals surface area contributed by atoms with Gasteiger partial charge in [0.05, 0.1) is 24.3 Å². The average molecular weight is 433 g/mol. The van der Waals surface area contributed by atoms with Crippen LogP contribution in [0.4, 0.5) is 5.69 Å².